The molecule has 0 radical (unpaired) electrons. The largest absolute Gasteiger partial charge is 0.496 e. The summed E-state index contributed by atoms with van der Waals surface area (Å²) in [5.74, 6) is 5.99. The molecular formula is C14H24N2O2. The Labute approximate surface area is 109 Å². The quantitative estimate of drug-likeness (QED) is 0.563. The first kappa shape index (κ1) is 15.0. The maximum atomic E-state index is 10.5. The van der Waals surface area contributed by atoms with Crippen molar-refractivity contribution in [1.82, 2.24) is 5.43 Å². The van der Waals surface area contributed by atoms with Crippen molar-refractivity contribution in [2.24, 2.45) is 5.84 Å². The Morgan fingerprint density at radius 2 is 1.89 bits per heavy atom. The number of nitrogens with two attached hydrogens (primary N) is 1. The lowest BCUT2D eigenvalue weighted by atomic mass is 9.83. The molecule has 0 aliphatic rings. The molecule has 0 aliphatic carbocycles. The fraction of sp³-hybridized carbons (Fsp3) is 0.571. The van der Waals surface area contributed by atoms with E-state index in [1.165, 1.54) is 0 Å². The Hall–Kier alpha value is -1.10. The zero-order chi connectivity index (χ0) is 14.0. The lowest BCUT2D eigenvalue weighted by Gasteiger charge is -2.28. The third-order valence-electron chi connectivity index (χ3n) is 3.09. The molecule has 0 aliphatic heterocycles. The maximum absolute atomic E-state index is 10.5. The topological polar surface area (TPSA) is 67.5 Å². The summed E-state index contributed by atoms with van der Waals surface area (Å²) in [4.78, 5) is 0. The van der Waals surface area contributed by atoms with Gasteiger partial charge in [-0.25, -0.2) is 0 Å². The number of hydrazine groups is 1. The summed E-state index contributed by atoms with van der Waals surface area (Å²) in [5.41, 5.74) is 3.36. The van der Waals surface area contributed by atoms with Crippen LogP contribution in [-0.2, 0) is 11.0 Å². The van der Waals surface area contributed by atoms with Gasteiger partial charge in [0.15, 0.2) is 0 Å². The van der Waals surface area contributed by atoms with Gasteiger partial charge >= 0.3 is 0 Å². The van der Waals surface area contributed by atoms with Crippen LogP contribution in [0.2, 0.25) is 0 Å². The highest BCUT2D eigenvalue weighted by molar-refractivity contribution is 5.43. The van der Waals surface area contributed by atoms with E-state index in [0.29, 0.717) is 5.75 Å². The van der Waals surface area contributed by atoms with Gasteiger partial charge in [0.25, 0.3) is 0 Å². The van der Waals surface area contributed by atoms with E-state index in [1.807, 2.05) is 18.2 Å². The summed E-state index contributed by atoms with van der Waals surface area (Å²) in [5, 5.41) is 10.5. The molecule has 18 heavy (non-hydrogen) atoms. The average molecular weight is 252 g/mol. The molecule has 4 N–H and O–H groups in total. The van der Waals surface area contributed by atoms with Crippen molar-refractivity contribution in [3.05, 3.63) is 29.3 Å². The first-order valence-electron chi connectivity index (χ1n) is 6.07. The molecule has 4 nitrogen and oxygen atoms in total. The lowest BCUT2D eigenvalue weighted by molar-refractivity contribution is 0.0545. The number of methoxy groups -OCH3 is 1. The number of rotatable bonds is 4. The summed E-state index contributed by atoms with van der Waals surface area (Å²) in [7, 11) is 1.60. The van der Waals surface area contributed by atoms with E-state index < -0.39 is 5.60 Å². The van der Waals surface area contributed by atoms with E-state index >= 15 is 0 Å². The normalized spacial score (nSPS) is 15.3. The predicted octanol–water partition coefficient (Wildman–Crippen LogP) is 1.66. The van der Waals surface area contributed by atoms with Crippen LogP contribution in [0.1, 0.15) is 38.8 Å². The molecule has 0 bridgehead atoms. The molecule has 0 saturated heterocycles. The number of ether oxygens (including phenoxy) is 1. The van der Waals surface area contributed by atoms with Gasteiger partial charge in [0.2, 0.25) is 0 Å². The van der Waals surface area contributed by atoms with Crippen LogP contribution >= 0.6 is 0 Å². The highest BCUT2D eigenvalue weighted by Gasteiger charge is 2.28. The molecule has 1 aromatic rings. The number of aliphatic hydroxyl groups is 1. The van der Waals surface area contributed by atoms with E-state index in [0.717, 1.165) is 11.1 Å². The highest BCUT2D eigenvalue weighted by atomic mass is 16.5. The van der Waals surface area contributed by atoms with Gasteiger partial charge < -0.3 is 9.84 Å². The highest BCUT2D eigenvalue weighted by Crippen LogP contribution is 2.34. The Morgan fingerprint density at radius 1 is 1.28 bits per heavy atom. The third kappa shape index (κ3) is 3.22. The van der Waals surface area contributed by atoms with Crippen LogP contribution < -0.4 is 16.0 Å². The second-order valence-electron chi connectivity index (χ2n) is 5.82. The van der Waals surface area contributed by atoms with E-state index in [2.05, 4.69) is 26.2 Å². The minimum atomic E-state index is -1.07. The zero-order valence-corrected chi connectivity index (χ0v) is 11.9. The van der Waals surface area contributed by atoms with Gasteiger partial charge in [0.05, 0.1) is 7.11 Å². The number of benzene rings is 1. The lowest BCUT2D eigenvalue weighted by Crippen LogP contribution is -2.39. The van der Waals surface area contributed by atoms with Crippen LogP contribution in [0.15, 0.2) is 18.2 Å². The van der Waals surface area contributed by atoms with Crippen molar-refractivity contribution >= 4 is 0 Å². The Morgan fingerprint density at radius 3 is 2.33 bits per heavy atom. The van der Waals surface area contributed by atoms with Crippen molar-refractivity contribution < 1.29 is 9.84 Å². The van der Waals surface area contributed by atoms with Crippen molar-refractivity contribution in [1.29, 1.82) is 0 Å². The van der Waals surface area contributed by atoms with Crippen molar-refractivity contribution in [2.45, 2.75) is 38.7 Å². The molecule has 1 aromatic carbocycles. The van der Waals surface area contributed by atoms with Gasteiger partial charge in [-0.05, 0) is 30.0 Å². The van der Waals surface area contributed by atoms with Crippen molar-refractivity contribution in [3.63, 3.8) is 0 Å². The average Bonchev–Trinajstić information content (AvgIpc) is 2.27. The summed E-state index contributed by atoms with van der Waals surface area (Å²) in [6.45, 7) is 8.38. The number of nitrogens with one attached hydrogen (secondary N) is 1. The fourth-order valence-corrected chi connectivity index (χ4v) is 1.89. The standard InChI is InChI=1S/C14H24N2O2/c1-13(2,3)10-6-7-12(18-5)11(8-10)14(4,17)9-16-15/h6-8,16-17H,9,15H2,1-5H3. The van der Waals surface area contributed by atoms with Gasteiger partial charge in [-0.3, -0.25) is 11.3 Å². The Kier molecular flexibility index (Phi) is 4.37. The van der Waals surface area contributed by atoms with Crippen LogP contribution in [0.5, 0.6) is 5.75 Å². The van der Waals surface area contributed by atoms with Crippen LogP contribution in [0.4, 0.5) is 0 Å². The van der Waals surface area contributed by atoms with E-state index in [4.69, 9.17) is 10.6 Å². The molecule has 0 fully saturated rings. The Bertz CT molecular complexity index is 409. The van der Waals surface area contributed by atoms with Crippen LogP contribution in [0.25, 0.3) is 0 Å². The maximum Gasteiger partial charge on any atom is 0.125 e. The molecular weight excluding hydrogens is 228 g/mol. The summed E-state index contributed by atoms with van der Waals surface area (Å²) < 4.78 is 5.32. The fourth-order valence-electron chi connectivity index (χ4n) is 1.89. The van der Waals surface area contributed by atoms with E-state index in [9.17, 15) is 5.11 Å². The second kappa shape index (κ2) is 5.26. The molecule has 1 unspecified atom stereocenters. The van der Waals surface area contributed by atoms with Gasteiger partial charge in [-0.1, -0.05) is 26.8 Å². The number of hydrogen-bond acceptors (Lipinski definition) is 4. The van der Waals surface area contributed by atoms with Gasteiger partial charge in [-0.2, -0.15) is 0 Å². The monoisotopic (exact) mass is 252 g/mol. The van der Waals surface area contributed by atoms with Crippen LogP contribution in [0.3, 0.4) is 0 Å². The first-order chi connectivity index (χ1) is 8.22. The van der Waals surface area contributed by atoms with Gasteiger partial charge in [0, 0.05) is 12.1 Å². The van der Waals surface area contributed by atoms with Crippen LogP contribution in [-0.4, -0.2) is 18.8 Å². The van der Waals surface area contributed by atoms with Gasteiger partial charge in [0.1, 0.15) is 11.4 Å². The summed E-state index contributed by atoms with van der Waals surface area (Å²) >= 11 is 0. The zero-order valence-electron chi connectivity index (χ0n) is 11.9. The molecule has 0 aromatic heterocycles. The first-order valence-corrected chi connectivity index (χ1v) is 6.07. The number of hydrogen-bond donors (Lipinski definition) is 3. The minimum Gasteiger partial charge on any atom is -0.496 e. The summed E-state index contributed by atoms with van der Waals surface area (Å²) in [6.07, 6.45) is 0. The second-order valence-corrected chi connectivity index (χ2v) is 5.82. The van der Waals surface area contributed by atoms with Gasteiger partial charge in [-0.15, -0.1) is 0 Å². The smallest absolute Gasteiger partial charge is 0.125 e. The molecule has 0 saturated carbocycles. The Balaban J connectivity index is 3.31. The molecule has 1 rings (SSSR count). The molecule has 102 valence electrons. The van der Waals surface area contributed by atoms with Crippen LogP contribution in [0, 0.1) is 0 Å². The third-order valence-corrected chi connectivity index (χ3v) is 3.09. The SMILES string of the molecule is COc1ccc(C(C)(C)C)cc1C(C)(O)CNN. The van der Waals surface area contributed by atoms with E-state index in [-0.39, 0.29) is 12.0 Å². The minimum absolute atomic E-state index is 0.0211. The van der Waals surface area contributed by atoms with Crippen molar-refractivity contribution in [2.75, 3.05) is 13.7 Å². The molecule has 0 spiro atoms. The summed E-state index contributed by atoms with van der Waals surface area (Å²) in [6, 6.07) is 5.89. The predicted molar refractivity (Wildman–Crippen MR) is 73.5 cm³/mol. The molecule has 4 heteroatoms. The molecule has 0 amide bonds. The molecule has 0 heterocycles. The van der Waals surface area contributed by atoms with E-state index in [1.54, 1.807) is 14.0 Å². The van der Waals surface area contributed by atoms with Crippen molar-refractivity contribution in [3.8, 4) is 5.75 Å². The molecule has 1 atom stereocenters.